The first-order valence-electron chi connectivity index (χ1n) is 17.8. The number of furan rings is 1. The van der Waals surface area contributed by atoms with Gasteiger partial charge in [0.2, 0.25) is 0 Å². The van der Waals surface area contributed by atoms with Crippen molar-refractivity contribution in [2.45, 2.75) is 19.3 Å². The molecule has 0 N–H and O–H groups in total. The van der Waals surface area contributed by atoms with Crippen LogP contribution in [-0.2, 0) is 5.41 Å². The Balaban J connectivity index is 1.61. The fourth-order valence-corrected chi connectivity index (χ4v) is 9.10. The second-order valence-corrected chi connectivity index (χ2v) is 15.2. The molecule has 0 aliphatic heterocycles. The molecule has 228 valence electrons. The second kappa shape index (κ2) is 12.7. The minimum atomic E-state index is -0.377. The summed E-state index contributed by atoms with van der Waals surface area (Å²) < 4.78 is 6.19. The van der Waals surface area contributed by atoms with E-state index in [1.165, 1.54) is 0 Å². The smallest absolute Gasteiger partial charge is 0.127 e. The zero-order valence-electron chi connectivity index (χ0n) is 31.1. The zero-order valence-corrected chi connectivity index (χ0v) is 31.1. The molecule has 1 nitrogen and oxygen atoms in total. The van der Waals surface area contributed by atoms with E-state index in [-0.39, 0.29) is 120 Å². The Morgan fingerprint density at radius 3 is 1.23 bits per heavy atom. The molecule has 1 heterocycles. The van der Waals surface area contributed by atoms with E-state index in [0.717, 1.165) is 27.8 Å². The molecule has 30 radical (unpaired) electrons. The highest BCUT2D eigenvalue weighted by Gasteiger charge is 2.38. The molecule has 0 unspecified atom stereocenters. The van der Waals surface area contributed by atoms with Crippen molar-refractivity contribution in [3.63, 3.8) is 0 Å². The van der Waals surface area contributed by atoms with Gasteiger partial charge in [0, 0.05) is 16.2 Å². The Bertz CT molecular complexity index is 3140. The van der Waals surface area contributed by atoms with E-state index in [0.29, 0.717) is 27.1 Å². The number of rotatable bonds is 2. The van der Waals surface area contributed by atoms with E-state index >= 15 is 0 Å². The van der Waals surface area contributed by atoms with Gasteiger partial charge in [0.05, 0.1) is 0 Å². The average Bonchev–Trinajstić information content (AvgIpc) is 3.71. The third kappa shape index (κ3) is 4.74. The van der Waals surface area contributed by atoms with Gasteiger partial charge in [-0.25, -0.2) is 0 Å². The fraction of sp³-hybridized carbons (Fsp3) is 0.0732. The highest BCUT2D eigenvalue weighted by Crippen LogP contribution is 2.53. The minimum Gasteiger partial charge on any atom is -0.457 e. The molecule has 0 fully saturated rings. The lowest BCUT2D eigenvalue weighted by Gasteiger charge is -2.31. The Labute approximate surface area is 351 Å². The summed E-state index contributed by atoms with van der Waals surface area (Å²) in [5.41, 5.74) is 6.20. The zero-order chi connectivity index (χ0) is 41.1. The van der Waals surface area contributed by atoms with Crippen molar-refractivity contribution < 1.29 is 4.42 Å². The van der Waals surface area contributed by atoms with Crippen LogP contribution < -0.4 is 81.9 Å². The van der Waals surface area contributed by atoms with Crippen LogP contribution in [0, 0.1) is 0 Å². The maximum absolute atomic E-state index is 7.22. The number of benzene rings is 7. The van der Waals surface area contributed by atoms with Crippen LogP contribution in [0.2, 0.25) is 0 Å². The molecular formula is C41H13B15O. The van der Waals surface area contributed by atoms with E-state index in [4.69, 9.17) is 122 Å². The first-order valence-corrected chi connectivity index (χ1v) is 17.8. The molecule has 1 aromatic heterocycles. The van der Waals surface area contributed by atoms with Gasteiger partial charge in [0.15, 0.2) is 0 Å². The average molecular weight is 684 g/mol. The van der Waals surface area contributed by atoms with E-state index in [1.807, 2.05) is 24.3 Å². The van der Waals surface area contributed by atoms with Crippen LogP contribution >= 0.6 is 0 Å². The number of hydrogen-bond acceptors (Lipinski definition) is 1. The Morgan fingerprint density at radius 2 is 0.702 bits per heavy atom. The minimum absolute atomic E-state index is 0.00602. The van der Waals surface area contributed by atoms with E-state index in [1.54, 1.807) is 0 Å². The van der Waals surface area contributed by atoms with Gasteiger partial charge in [-0.15, -0.1) is 32.8 Å². The highest BCUT2D eigenvalue weighted by molar-refractivity contribution is 6.73. The van der Waals surface area contributed by atoms with Crippen LogP contribution in [0.4, 0.5) is 0 Å². The van der Waals surface area contributed by atoms with Crippen LogP contribution in [0.1, 0.15) is 25.0 Å². The lowest BCUT2D eigenvalue weighted by atomic mass is 9.58. The summed E-state index contributed by atoms with van der Waals surface area (Å²) in [4.78, 5) is 0. The second-order valence-electron chi connectivity index (χ2n) is 15.2. The summed E-state index contributed by atoms with van der Waals surface area (Å²) in [5.74, 6) is 0. The van der Waals surface area contributed by atoms with Crippen molar-refractivity contribution in [2.75, 3.05) is 0 Å². The topological polar surface area (TPSA) is 13.1 Å². The van der Waals surface area contributed by atoms with Gasteiger partial charge >= 0.3 is 0 Å². The van der Waals surface area contributed by atoms with Crippen molar-refractivity contribution in [3.8, 4) is 33.4 Å². The van der Waals surface area contributed by atoms with E-state index < -0.39 is 0 Å². The van der Waals surface area contributed by atoms with Crippen molar-refractivity contribution in [3.05, 3.63) is 53.6 Å². The molecule has 1 aliphatic carbocycles. The van der Waals surface area contributed by atoms with Crippen molar-refractivity contribution in [1.29, 1.82) is 0 Å². The van der Waals surface area contributed by atoms with Crippen molar-refractivity contribution in [2.24, 2.45) is 0 Å². The van der Waals surface area contributed by atoms with Gasteiger partial charge in [-0.3, -0.25) is 0 Å². The number of fused-ring (bicyclic) bond motifs is 8. The summed E-state index contributed by atoms with van der Waals surface area (Å²) in [6, 6.07) is 14.2. The molecule has 7 aromatic carbocycles. The molecule has 0 spiro atoms. The van der Waals surface area contributed by atoms with Gasteiger partial charge in [-0.2, -0.15) is 0 Å². The van der Waals surface area contributed by atoms with Gasteiger partial charge in [0.1, 0.15) is 129 Å². The lowest BCUT2D eigenvalue weighted by molar-refractivity contribution is 0.660. The predicted molar refractivity (Wildman–Crippen MR) is 258 cm³/mol. The Hall–Kier alpha value is -4.17. The monoisotopic (exact) mass is 686 g/mol. The van der Waals surface area contributed by atoms with Gasteiger partial charge in [0.25, 0.3) is 0 Å². The molecule has 0 saturated heterocycles. The maximum Gasteiger partial charge on any atom is 0.127 e. The van der Waals surface area contributed by atoms with Gasteiger partial charge in [-0.05, 0) is 66.1 Å². The molecular weight excluding hydrogens is 671 g/mol. The summed E-state index contributed by atoms with van der Waals surface area (Å²) in [6.07, 6.45) is 0. The van der Waals surface area contributed by atoms with Crippen LogP contribution in [0.15, 0.2) is 46.9 Å². The maximum atomic E-state index is 7.22. The van der Waals surface area contributed by atoms with Crippen LogP contribution in [0.25, 0.3) is 76.9 Å². The molecule has 0 atom stereocenters. The fourth-order valence-electron chi connectivity index (χ4n) is 9.10. The summed E-state index contributed by atoms with van der Waals surface area (Å²) in [7, 11) is 102. The summed E-state index contributed by atoms with van der Waals surface area (Å²) >= 11 is 0. The van der Waals surface area contributed by atoms with E-state index in [2.05, 4.69) is 32.0 Å². The lowest BCUT2D eigenvalue weighted by Crippen LogP contribution is -2.50. The third-order valence-corrected chi connectivity index (χ3v) is 12.1. The molecule has 16 heteroatoms. The molecule has 9 rings (SSSR count). The van der Waals surface area contributed by atoms with Crippen LogP contribution in [-0.4, -0.2) is 118 Å². The molecule has 1 aliphatic rings. The highest BCUT2D eigenvalue weighted by atomic mass is 16.3. The Kier molecular flexibility index (Phi) is 8.52. The summed E-state index contributed by atoms with van der Waals surface area (Å²) in [6.45, 7) is 4.34. The SMILES string of the molecule is [B]c1c([B])c([B])c2c(oc3c([B])c([B])c(-c4c5c([B])c([B])c([B])c([B])c5c(-c5cccc6c5-c5ccccc5C6(C)C)c5c([B])c([B])c([B])c([B])c45)c([B])c32)c1[B]. The van der Waals surface area contributed by atoms with Crippen molar-refractivity contribution in [1.82, 2.24) is 0 Å². The summed E-state index contributed by atoms with van der Waals surface area (Å²) in [5, 5.41) is 1.85. The largest absolute Gasteiger partial charge is 0.457 e. The molecule has 0 bridgehead atoms. The third-order valence-electron chi connectivity index (χ3n) is 12.1. The first kappa shape index (κ1) is 38.4. The molecule has 0 amide bonds. The van der Waals surface area contributed by atoms with Crippen LogP contribution in [0.3, 0.4) is 0 Å². The molecule has 57 heavy (non-hydrogen) atoms. The Morgan fingerprint density at radius 1 is 0.316 bits per heavy atom. The molecule has 0 saturated carbocycles. The van der Waals surface area contributed by atoms with E-state index in [9.17, 15) is 0 Å². The number of hydrogen-bond donors (Lipinski definition) is 0. The standard InChI is InChI=1S/C41H13B15O/c1-41(2)12-8-4-3-6-10(12)14-11(7-5-9-13(14)41)15-17-19(27(45)33(51)31(49)25(17)43)16(20-18(15)26(44)32(50)34(52)28(20)46)21-24(42)22-23-30(48)35(53)36(54)38(56)40(23)57-39(22)37(55)29(21)47/h3-9H,1-2H3. The molecule has 8 aromatic rings. The van der Waals surface area contributed by atoms with Crippen LogP contribution in [0.5, 0.6) is 0 Å². The quantitative estimate of drug-likeness (QED) is 0.131. The van der Waals surface area contributed by atoms with Gasteiger partial charge in [-0.1, -0.05) is 105 Å². The normalized spacial score (nSPS) is 13.2. The van der Waals surface area contributed by atoms with Crippen molar-refractivity contribution >= 4 is 243 Å². The predicted octanol–water partition coefficient (Wildman–Crippen LogP) is -6.56. The van der Waals surface area contributed by atoms with Gasteiger partial charge < -0.3 is 4.42 Å². The first-order chi connectivity index (χ1) is 26.9.